The van der Waals surface area contributed by atoms with E-state index in [1.807, 2.05) is 0 Å². The zero-order chi connectivity index (χ0) is 12.1. The third-order valence-electron chi connectivity index (χ3n) is 1.99. The van der Waals surface area contributed by atoms with Crippen molar-refractivity contribution in [2.75, 3.05) is 13.7 Å². The Morgan fingerprint density at radius 1 is 1.56 bits per heavy atom. The number of carbonyl (C=O) groups excluding carboxylic acids is 1. The van der Waals surface area contributed by atoms with Gasteiger partial charge in [-0.2, -0.15) is 0 Å². The molecule has 0 N–H and O–H groups in total. The summed E-state index contributed by atoms with van der Waals surface area (Å²) in [5, 5.41) is 0.178. The van der Waals surface area contributed by atoms with E-state index >= 15 is 0 Å². The number of ether oxygens (including phenoxy) is 2. The van der Waals surface area contributed by atoms with Gasteiger partial charge in [0.1, 0.15) is 18.2 Å². The quantitative estimate of drug-likeness (QED) is 0.767. The molecule has 0 bridgehead atoms. The van der Waals surface area contributed by atoms with Crippen molar-refractivity contribution in [3.8, 4) is 5.75 Å². The van der Waals surface area contributed by atoms with Crippen LogP contribution in [0.1, 0.15) is 6.92 Å². The summed E-state index contributed by atoms with van der Waals surface area (Å²) in [4.78, 5) is 11.1. The van der Waals surface area contributed by atoms with Crippen LogP contribution in [0.4, 0.5) is 4.39 Å². The lowest BCUT2D eigenvalue weighted by Gasteiger charge is -2.11. The first-order valence-electron chi connectivity index (χ1n) is 4.70. The average molecular weight is 247 g/mol. The molecule has 3 nitrogen and oxygen atoms in total. The maximum Gasteiger partial charge on any atom is 0.311 e. The van der Waals surface area contributed by atoms with Gasteiger partial charge < -0.3 is 9.47 Å². The third kappa shape index (κ3) is 3.38. The molecular formula is C11H12ClFO3. The molecule has 0 aliphatic heterocycles. The molecule has 0 aromatic heterocycles. The SMILES string of the molecule is COC(=O)C(C)COc1ccc(F)cc1Cl. The summed E-state index contributed by atoms with van der Waals surface area (Å²) in [6.45, 7) is 1.81. The topological polar surface area (TPSA) is 35.5 Å². The summed E-state index contributed by atoms with van der Waals surface area (Å²) in [6.07, 6.45) is 0. The summed E-state index contributed by atoms with van der Waals surface area (Å²) in [6, 6.07) is 3.81. The molecule has 1 rings (SSSR count). The monoisotopic (exact) mass is 246 g/mol. The lowest BCUT2D eigenvalue weighted by molar-refractivity contribution is -0.145. The number of hydrogen-bond acceptors (Lipinski definition) is 3. The fraction of sp³-hybridized carbons (Fsp3) is 0.364. The summed E-state index contributed by atoms with van der Waals surface area (Å²) in [5.74, 6) is -0.846. The molecule has 0 fully saturated rings. The Morgan fingerprint density at radius 2 is 2.25 bits per heavy atom. The van der Waals surface area contributed by atoms with Crippen LogP contribution in [0.5, 0.6) is 5.75 Å². The van der Waals surface area contributed by atoms with Gasteiger partial charge in [0.2, 0.25) is 0 Å². The second-order valence-electron chi connectivity index (χ2n) is 3.31. The second-order valence-corrected chi connectivity index (χ2v) is 3.72. The third-order valence-corrected chi connectivity index (χ3v) is 2.28. The van der Waals surface area contributed by atoms with Crippen molar-refractivity contribution in [1.82, 2.24) is 0 Å². The van der Waals surface area contributed by atoms with Gasteiger partial charge in [0, 0.05) is 0 Å². The molecule has 0 saturated carbocycles. The highest BCUT2D eigenvalue weighted by atomic mass is 35.5. The predicted molar refractivity (Wildman–Crippen MR) is 58.1 cm³/mol. The average Bonchev–Trinajstić information content (AvgIpc) is 2.26. The van der Waals surface area contributed by atoms with E-state index in [1.165, 1.54) is 19.2 Å². The highest BCUT2D eigenvalue weighted by molar-refractivity contribution is 6.32. The van der Waals surface area contributed by atoms with E-state index in [1.54, 1.807) is 6.92 Å². The Balaban J connectivity index is 2.58. The number of halogens is 2. The van der Waals surface area contributed by atoms with Gasteiger partial charge in [-0.3, -0.25) is 4.79 Å². The van der Waals surface area contributed by atoms with E-state index in [2.05, 4.69) is 4.74 Å². The summed E-state index contributed by atoms with van der Waals surface area (Å²) in [5.41, 5.74) is 0. The first-order valence-corrected chi connectivity index (χ1v) is 5.08. The lowest BCUT2D eigenvalue weighted by Crippen LogP contribution is -2.20. The van der Waals surface area contributed by atoms with Crippen molar-refractivity contribution in [2.45, 2.75) is 6.92 Å². The van der Waals surface area contributed by atoms with E-state index in [4.69, 9.17) is 16.3 Å². The van der Waals surface area contributed by atoms with E-state index in [-0.39, 0.29) is 17.6 Å². The van der Waals surface area contributed by atoms with Crippen molar-refractivity contribution in [2.24, 2.45) is 5.92 Å². The molecular weight excluding hydrogens is 235 g/mol. The Bertz CT molecular complexity index is 381. The van der Waals surface area contributed by atoms with Gasteiger partial charge >= 0.3 is 5.97 Å². The normalized spacial score (nSPS) is 12.0. The van der Waals surface area contributed by atoms with E-state index in [0.29, 0.717) is 5.75 Å². The molecule has 0 heterocycles. The Kier molecular flexibility index (Phi) is 4.55. The molecule has 0 amide bonds. The van der Waals surface area contributed by atoms with Crippen LogP contribution in [0, 0.1) is 11.7 Å². The summed E-state index contributed by atoms with van der Waals surface area (Å²) >= 11 is 5.75. The Hall–Kier alpha value is -1.29. The zero-order valence-corrected chi connectivity index (χ0v) is 9.75. The molecule has 1 aromatic rings. The number of hydrogen-bond donors (Lipinski definition) is 0. The first kappa shape index (κ1) is 12.8. The number of carbonyl (C=O) groups is 1. The van der Waals surface area contributed by atoms with Crippen LogP contribution in [-0.4, -0.2) is 19.7 Å². The maximum atomic E-state index is 12.7. The van der Waals surface area contributed by atoms with E-state index in [0.717, 1.165) is 6.07 Å². The molecule has 0 saturated heterocycles. The number of methoxy groups -OCH3 is 1. The fourth-order valence-corrected chi connectivity index (χ4v) is 1.30. The fourth-order valence-electron chi connectivity index (χ4n) is 1.08. The van der Waals surface area contributed by atoms with Crippen LogP contribution in [0.25, 0.3) is 0 Å². The predicted octanol–water partition coefficient (Wildman–Crippen LogP) is 2.67. The van der Waals surface area contributed by atoms with Gasteiger partial charge in [0.05, 0.1) is 18.1 Å². The molecule has 0 spiro atoms. The molecule has 1 atom stereocenters. The molecule has 0 aliphatic rings. The minimum absolute atomic E-state index is 0.137. The molecule has 88 valence electrons. The van der Waals surface area contributed by atoms with Crippen LogP contribution in [0.3, 0.4) is 0 Å². The van der Waals surface area contributed by atoms with Crippen molar-refractivity contribution in [3.05, 3.63) is 29.0 Å². The van der Waals surface area contributed by atoms with Crippen LogP contribution < -0.4 is 4.74 Å². The summed E-state index contributed by atoms with van der Waals surface area (Å²) < 4.78 is 22.5. The molecule has 16 heavy (non-hydrogen) atoms. The largest absolute Gasteiger partial charge is 0.491 e. The van der Waals surface area contributed by atoms with Crippen LogP contribution in [-0.2, 0) is 9.53 Å². The zero-order valence-electron chi connectivity index (χ0n) is 9.00. The lowest BCUT2D eigenvalue weighted by atomic mass is 10.2. The van der Waals surface area contributed by atoms with Crippen LogP contribution in [0.15, 0.2) is 18.2 Å². The van der Waals surface area contributed by atoms with E-state index < -0.39 is 11.7 Å². The van der Waals surface area contributed by atoms with E-state index in [9.17, 15) is 9.18 Å². The summed E-state index contributed by atoms with van der Waals surface area (Å²) in [7, 11) is 1.31. The number of esters is 1. The number of rotatable bonds is 4. The van der Waals surface area contributed by atoms with Gasteiger partial charge in [0.25, 0.3) is 0 Å². The molecule has 1 aromatic carbocycles. The minimum atomic E-state index is -0.432. The van der Waals surface area contributed by atoms with Crippen molar-refractivity contribution in [3.63, 3.8) is 0 Å². The minimum Gasteiger partial charge on any atom is -0.491 e. The number of benzene rings is 1. The van der Waals surface area contributed by atoms with Crippen molar-refractivity contribution < 1.29 is 18.7 Å². The van der Waals surface area contributed by atoms with Gasteiger partial charge in [-0.25, -0.2) is 4.39 Å². The Morgan fingerprint density at radius 3 is 2.81 bits per heavy atom. The first-order chi connectivity index (χ1) is 7.54. The highest BCUT2D eigenvalue weighted by Crippen LogP contribution is 2.25. The smallest absolute Gasteiger partial charge is 0.311 e. The van der Waals surface area contributed by atoms with Gasteiger partial charge in [-0.05, 0) is 25.1 Å². The van der Waals surface area contributed by atoms with Gasteiger partial charge in [-0.15, -0.1) is 0 Å². The Labute approximate surface area is 98.1 Å². The van der Waals surface area contributed by atoms with Crippen LogP contribution in [0.2, 0.25) is 5.02 Å². The highest BCUT2D eigenvalue weighted by Gasteiger charge is 2.14. The molecule has 0 radical (unpaired) electrons. The van der Waals surface area contributed by atoms with Crippen LogP contribution >= 0.6 is 11.6 Å². The van der Waals surface area contributed by atoms with Crippen molar-refractivity contribution in [1.29, 1.82) is 0 Å². The standard InChI is InChI=1S/C11H12ClFO3/c1-7(11(14)15-2)6-16-10-4-3-8(13)5-9(10)12/h3-5,7H,6H2,1-2H3. The maximum absolute atomic E-state index is 12.7. The molecule has 0 aliphatic carbocycles. The molecule has 5 heteroatoms. The van der Waals surface area contributed by atoms with Gasteiger partial charge in [0.15, 0.2) is 0 Å². The van der Waals surface area contributed by atoms with Crippen molar-refractivity contribution >= 4 is 17.6 Å². The molecule has 1 unspecified atom stereocenters. The second kappa shape index (κ2) is 5.70. The van der Waals surface area contributed by atoms with Gasteiger partial charge in [-0.1, -0.05) is 11.6 Å².